The summed E-state index contributed by atoms with van der Waals surface area (Å²) in [6.07, 6.45) is -0.530. The van der Waals surface area contributed by atoms with E-state index in [1.807, 2.05) is 30.3 Å². The summed E-state index contributed by atoms with van der Waals surface area (Å²) in [4.78, 5) is 11.8. The molecule has 20 heavy (non-hydrogen) atoms. The minimum absolute atomic E-state index is 0.218. The van der Waals surface area contributed by atoms with Crippen LogP contribution in [0.4, 0.5) is 10.5 Å². The van der Waals surface area contributed by atoms with Gasteiger partial charge < -0.3 is 4.74 Å². The molecule has 0 aromatic heterocycles. The Kier molecular flexibility index (Phi) is 5.46. The summed E-state index contributed by atoms with van der Waals surface area (Å²) in [6.45, 7) is 0.218. The molecule has 104 valence electrons. The van der Waals surface area contributed by atoms with Gasteiger partial charge in [-0.25, -0.2) is 4.79 Å². The van der Waals surface area contributed by atoms with E-state index in [1.54, 1.807) is 12.1 Å². The number of halogens is 3. The van der Waals surface area contributed by atoms with Crippen LogP contribution >= 0.6 is 43.5 Å². The smallest absolute Gasteiger partial charge is 0.412 e. The van der Waals surface area contributed by atoms with Crippen LogP contribution in [0.1, 0.15) is 5.56 Å². The Morgan fingerprint density at radius 2 is 1.75 bits per heavy atom. The quantitative estimate of drug-likeness (QED) is 0.702. The van der Waals surface area contributed by atoms with E-state index in [0.29, 0.717) is 19.7 Å². The third-order valence-corrected chi connectivity index (χ3v) is 3.92. The predicted octanol–water partition coefficient (Wildman–Crippen LogP) is 5.61. The van der Waals surface area contributed by atoms with Gasteiger partial charge in [-0.3, -0.25) is 5.32 Å². The molecule has 3 nitrogen and oxygen atoms in total. The average Bonchev–Trinajstić information content (AvgIpc) is 2.42. The zero-order valence-corrected chi connectivity index (χ0v) is 14.1. The topological polar surface area (TPSA) is 38.3 Å². The van der Waals surface area contributed by atoms with Crippen molar-refractivity contribution in [3.8, 4) is 0 Å². The monoisotopic (exact) mass is 417 g/mol. The van der Waals surface area contributed by atoms with Crippen LogP contribution in [0.25, 0.3) is 0 Å². The molecule has 0 heterocycles. The molecule has 2 rings (SSSR count). The number of amides is 1. The minimum Gasteiger partial charge on any atom is -0.444 e. The lowest BCUT2D eigenvalue weighted by Gasteiger charge is -2.10. The third-order valence-electron chi connectivity index (χ3n) is 2.45. The predicted molar refractivity (Wildman–Crippen MR) is 87.1 cm³/mol. The molecule has 0 atom stereocenters. The molecule has 0 aliphatic rings. The van der Waals surface area contributed by atoms with Crippen LogP contribution in [0.3, 0.4) is 0 Å². The van der Waals surface area contributed by atoms with E-state index in [9.17, 15) is 4.79 Å². The zero-order valence-electron chi connectivity index (χ0n) is 10.2. The first kappa shape index (κ1) is 15.4. The average molecular weight is 420 g/mol. The van der Waals surface area contributed by atoms with Crippen LogP contribution < -0.4 is 5.32 Å². The fourth-order valence-corrected chi connectivity index (χ4v) is 3.39. The van der Waals surface area contributed by atoms with Gasteiger partial charge in [-0.15, -0.1) is 0 Å². The summed E-state index contributed by atoms with van der Waals surface area (Å²) in [6, 6.07) is 12.9. The lowest BCUT2D eigenvalue weighted by atomic mass is 10.2. The summed E-state index contributed by atoms with van der Waals surface area (Å²) in [7, 11) is 0. The first-order chi connectivity index (χ1) is 9.56. The van der Waals surface area contributed by atoms with Gasteiger partial charge in [-0.1, -0.05) is 41.9 Å². The van der Waals surface area contributed by atoms with Crippen molar-refractivity contribution in [1.82, 2.24) is 0 Å². The lowest BCUT2D eigenvalue weighted by molar-refractivity contribution is 0.155. The maximum Gasteiger partial charge on any atom is 0.412 e. The van der Waals surface area contributed by atoms with Crippen molar-refractivity contribution in [1.29, 1.82) is 0 Å². The van der Waals surface area contributed by atoms with Crippen molar-refractivity contribution in [3.05, 3.63) is 62.0 Å². The molecule has 0 saturated heterocycles. The molecule has 2 aromatic carbocycles. The molecular weight excluding hydrogens is 409 g/mol. The summed E-state index contributed by atoms with van der Waals surface area (Å²) in [5.41, 5.74) is 1.50. The van der Waals surface area contributed by atoms with Crippen molar-refractivity contribution in [2.45, 2.75) is 6.61 Å². The van der Waals surface area contributed by atoms with Crippen molar-refractivity contribution in [2.24, 2.45) is 0 Å². The Labute approximate surface area is 138 Å². The highest BCUT2D eigenvalue weighted by Gasteiger charge is 2.11. The Morgan fingerprint density at radius 3 is 2.35 bits per heavy atom. The summed E-state index contributed by atoms with van der Waals surface area (Å²) in [5.74, 6) is 0. The third kappa shape index (κ3) is 4.23. The number of carbonyl (C=O) groups is 1. The molecule has 0 aliphatic carbocycles. The van der Waals surface area contributed by atoms with Gasteiger partial charge in [-0.05, 0) is 49.6 Å². The number of hydrogen-bond donors (Lipinski definition) is 1. The number of nitrogens with one attached hydrogen (secondary N) is 1. The van der Waals surface area contributed by atoms with Gasteiger partial charge in [-0.2, -0.15) is 0 Å². The Morgan fingerprint density at radius 1 is 1.15 bits per heavy atom. The highest BCUT2D eigenvalue weighted by Crippen LogP contribution is 2.34. The second kappa shape index (κ2) is 7.11. The van der Waals surface area contributed by atoms with E-state index in [4.69, 9.17) is 16.3 Å². The van der Waals surface area contributed by atoms with Crippen molar-refractivity contribution < 1.29 is 9.53 Å². The van der Waals surface area contributed by atoms with Gasteiger partial charge in [0.05, 0.1) is 5.69 Å². The molecule has 0 bridgehead atoms. The molecule has 1 amide bonds. The number of rotatable bonds is 3. The number of ether oxygens (including phenoxy) is 1. The summed E-state index contributed by atoms with van der Waals surface area (Å²) in [5, 5.41) is 3.22. The zero-order chi connectivity index (χ0) is 14.5. The lowest BCUT2D eigenvalue weighted by Crippen LogP contribution is -2.14. The first-order valence-corrected chi connectivity index (χ1v) is 7.65. The van der Waals surface area contributed by atoms with Crippen LogP contribution in [-0.4, -0.2) is 6.09 Å². The van der Waals surface area contributed by atoms with Gasteiger partial charge in [0.1, 0.15) is 6.61 Å². The van der Waals surface area contributed by atoms with E-state index >= 15 is 0 Å². The van der Waals surface area contributed by atoms with Crippen LogP contribution in [0.5, 0.6) is 0 Å². The van der Waals surface area contributed by atoms with Gasteiger partial charge in [0.2, 0.25) is 0 Å². The molecule has 0 radical (unpaired) electrons. The number of anilines is 1. The Hall–Kier alpha value is -1.04. The Balaban J connectivity index is 1.98. The van der Waals surface area contributed by atoms with Crippen molar-refractivity contribution in [3.63, 3.8) is 0 Å². The molecule has 0 aliphatic heterocycles. The molecule has 0 unspecified atom stereocenters. The number of hydrogen-bond acceptors (Lipinski definition) is 2. The van der Waals surface area contributed by atoms with Crippen LogP contribution in [0.15, 0.2) is 51.4 Å². The normalized spacial score (nSPS) is 10.2. The van der Waals surface area contributed by atoms with Crippen molar-refractivity contribution in [2.75, 3.05) is 5.32 Å². The van der Waals surface area contributed by atoms with Gasteiger partial charge >= 0.3 is 6.09 Å². The molecule has 0 fully saturated rings. The van der Waals surface area contributed by atoms with E-state index in [0.717, 1.165) is 5.56 Å². The van der Waals surface area contributed by atoms with Crippen LogP contribution in [0, 0.1) is 0 Å². The largest absolute Gasteiger partial charge is 0.444 e. The molecular formula is C14H10Br2ClNO2. The maximum absolute atomic E-state index is 11.8. The number of benzene rings is 2. The van der Waals surface area contributed by atoms with Crippen molar-refractivity contribution >= 4 is 55.2 Å². The number of carbonyl (C=O) groups excluding carboxylic acids is 1. The highest BCUT2D eigenvalue weighted by atomic mass is 79.9. The molecule has 6 heteroatoms. The summed E-state index contributed by atoms with van der Waals surface area (Å²) < 4.78 is 6.50. The summed E-state index contributed by atoms with van der Waals surface area (Å²) >= 11 is 12.6. The van der Waals surface area contributed by atoms with E-state index in [2.05, 4.69) is 37.2 Å². The highest BCUT2D eigenvalue weighted by molar-refractivity contribution is 9.11. The molecule has 1 N–H and O–H groups in total. The molecule has 2 aromatic rings. The standard InChI is InChI=1S/C14H10Br2ClNO2/c15-11-6-10(17)7-12(16)13(11)18-14(19)20-8-9-4-2-1-3-5-9/h1-7H,8H2,(H,18,19). The van der Waals surface area contributed by atoms with Gasteiger partial charge in [0.15, 0.2) is 0 Å². The molecule has 0 spiro atoms. The van der Waals surface area contributed by atoms with Gasteiger partial charge in [0.25, 0.3) is 0 Å². The second-order valence-corrected chi connectivity index (χ2v) is 6.08. The van der Waals surface area contributed by atoms with Crippen LogP contribution in [0.2, 0.25) is 5.02 Å². The SMILES string of the molecule is O=C(Nc1c(Br)cc(Cl)cc1Br)OCc1ccccc1. The molecule has 0 saturated carbocycles. The fourth-order valence-electron chi connectivity index (χ4n) is 1.52. The second-order valence-electron chi connectivity index (χ2n) is 3.93. The minimum atomic E-state index is -0.530. The van der Waals surface area contributed by atoms with E-state index < -0.39 is 6.09 Å². The first-order valence-electron chi connectivity index (χ1n) is 5.68. The Bertz CT molecular complexity index is 597. The fraction of sp³-hybridized carbons (Fsp3) is 0.0714. The maximum atomic E-state index is 11.8. The van der Waals surface area contributed by atoms with Crippen LogP contribution in [-0.2, 0) is 11.3 Å². The van der Waals surface area contributed by atoms with E-state index in [-0.39, 0.29) is 6.61 Å². The van der Waals surface area contributed by atoms with E-state index in [1.165, 1.54) is 0 Å². The van der Waals surface area contributed by atoms with Gasteiger partial charge in [0, 0.05) is 14.0 Å².